The number of nitro benzene ring substituents is 1. The van der Waals surface area contributed by atoms with Crippen LogP contribution in [0.4, 0.5) is 14.5 Å². The number of halogens is 2. The number of rotatable bonds is 3. The van der Waals surface area contributed by atoms with Crippen molar-refractivity contribution < 1.29 is 23.3 Å². The van der Waals surface area contributed by atoms with Crippen molar-refractivity contribution in [1.29, 1.82) is 0 Å². The molecule has 0 N–H and O–H groups in total. The summed E-state index contributed by atoms with van der Waals surface area (Å²) in [5.74, 6) is -3.49. The standard InChI is InChI=1S/C9H8F2N2O4/c1-12(17-2)9(14)5-3-8(13(15)16)7(11)4-6(5)10/h3-4H,1-2H3. The second-order valence-corrected chi connectivity index (χ2v) is 3.03. The topological polar surface area (TPSA) is 72.7 Å². The molecular weight excluding hydrogens is 238 g/mol. The van der Waals surface area contributed by atoms with Crippen molar-refractivity contribution in [3.05, 3.63) is 39.4 Å². The van der Waals surface area contributed by atoms with Crippen LogP contribution in [0.15, 0.2) is 12.1 Å². The highest BCUT2D eigenvalue weighted by Gasteiger charge is 2.24. The Morgan fingerprint density at radius 3 is 2.47 bits per heavy atom. The van der Waals surface area contributed by atoms with Gasteiger partial charge < -0.3 is 0 Å². The molecule has 1 aromatic carbocycles. The van der Waals surface area contributed by atoms with Crippen LogP contribution in [-0.2, 0) is 4.84 Å². The first kappa shape index (κ1) is 13.0. The zero-order valence-corrected chi connectivity index (χ0v) is 8.94. The van der Waals surface area contributed by atoms with Gasteiger partial charge >= 0.3 is 5.69 Å². The fourth-order valence-corrected chi connectivity index (χ4v) is 1.09. The molecule has 0 aliphatic carbocycles. The maximum atomic E-state index is 13.3. The lowest BCUT2D eigenvalue weighted by atomic mass is 10.1. The van der Waals surface area contributed by atoms with E-state index < -0.39 is 33.7 Å². The van der Waals surface area contributed by atoms with Gasteiger partial charge in [0, 0.05) is 19.2 Å². The van der Waals surface area contributed by atoms with E-state index in [4.69, 9.17) is 0 Å². The molecule has 0 bridgehead atoms. The molecule has 0 aliphatic heterocycles. The Kier molecular flexibility index (Phi) is 3.69. The third kappa shape index (κ3) is 2.53. The first-order valence-corrected chi connectivity index (χ1v) is 4.34. The van der Waals surface area contributed by atoms with E-state index in [-0.39, 0.29) is 6.07 Å². The predicted octanol–water partition coefficient (Wildman–Crippen LogP) is 1.51. The van der Waals surface area contributed by atoms with Gasteiger partial charge in [-0.3, -0.25) is 19.7 Å². The summed E-state index contributed by atoms with van der Waals surface area (Å²) in [7, 11) is 2.35. The number of benzene rings is 1. The van der Waals surface area contributed by atoms with Crippen molar-refractivity contribution >= 4 is 11.6 Å². The second kappa shape index (κ2) is 4.83. The highest BCUT2D eigenvalue weighted by Crippen LogP contribution is 2.22. The maximum Gasteiger partial charge on any atom is 0.305 e. The van der Waals surface area contributed by atoms with Crippen molar-refractivity contribution in [1.82, 2.24) is 5.06 Å². The molecule has 1 amide bonds. The van der Waals surface area contributed by atoms with Crippen LogP contribution in [0.2, 0.25) is 0 Å². The maximum absolute atomic E-state index is 13.3. The van der Waals surface area contributed by atoms with Gasteiger partial charge in [0.25, 0.3) is 5.91 Å². The first-order chi connectivity index (χ1) is 7.88. The molecule has 1 aromatic rings. The van der Waals surface area contributed by atoms with Gasteiger partial charge in [-0.05, 0) is 0 Å². The Morgan fingerprint density at radius 1 is 1.41 bits per heavy atom. The van der Waals surface area contributed by atoms with Crippen molar-refractivity contribution in [3.8, 4) is 0 Å². The van der Waals surface area contributed by atoms with Gasteiger partial charge in [-0.1, -0.05) is 0 Å². The predicted molar refractivity (Wildman–Crippen MR) is 52.1 cm³/mol. The SMILES string of the molecule is CON(C)C(=O)c1cc([N+](=O)[O-])c(F)cc1F. The van der Waals surface area contributed by atoms with Crippen molar-refractivity contribution in [3.63, 3.8) is 0 Å². The summed E-state index contributed by atoms with van der Waals surface area (Å²) < 4.78 is 26.3. The number of hydrogen-bond acceptors (Lipinski definition) is 4. The molecule has 0 saturated heterocycles. The summed E-state index contributed by atoms with van der Waals surface area (Å²) in [6.45, 7) is 0. The summed E-state index contributed by atoms with van der Waals surface area (Å²) in [5, 5.41) is 11.1. The summed E-state index contributed by atoms with van der Waals surface area (Å²) in [4.78, 5) is 25.4. The van der Waals surface area contributed by atoms with Crippen LogP contribution >= 0.6 is 0 Å². The summed E-state index contributed by atoms with van der Waals surface area (Å²) in [5.41, 5.74) is -1.61. The number of carbonyl (C=O) groups is 1. The number of hydrogen-bond donors (Lipinski definition) is 0. The fourth-order valence-electron chi connectivity index (χ4n) is 1.09. The normalized spacial score (nSPS) is 10.1. The summed E-state index contributed by atoms with van der Waals surface area (Å²) >= 11 is 0. The molecular formula is C9H8F2N2O4. The van der Waals surface area contributed by atoms with E-state index in [1.54, 1.807) is 0 Å². The number of carbonyl (C=O) groups excluding carboxylic acids is 1. The molecule has 0 heterocycles. The van der Waals surface area contributed by atoms with Crippen molar-refractivity contribution in [2.75, 3.05) is 14.2 Å². The van der Waals surface area contributed by atoms with Crippen molar-refractivity contribution in [2.45, 2.75) is 0 Å². The van der Waals surface area contributed by atoms with Crippen LogP contribution in [0.5, 0.6) is 0 Å². The minimum atomic E-state index is -1.34. The highest BCUT2D eigenvalue weighted by molar-refractivity contribution is 5.94. The number of amides is 1. The minimum Gasteiger partial charge on any atom is -0.274 e. The molecule has 8 heteroatoms. The smallest absolute Gasteiger partial charge is 0.274 e. The molecule has 17 heavy (non-hydrogen) atoms. The van der Waals surface area contributed by atoms with Gasteiger partial charge in [0.05, 0.1) is 17.6 Å². The van der Waals surface area contributed by atoms with Gasteiger partial charge in [0.2, 0.25) is 5.82 Å². The van der Waals surface area contributed by atoms with E-state index in [9.17, 15) is 23.7 Å². The molecule has 0 unspecified atom stereocenters. The monoisotopic (exact) mass is 246 g/mol. The number of nitro groups is 1. The van der Waals surface area contributed by atoms with Gasteiger partial charge in [-0.2, -0.15) is 4.39 Å². The zero-order chi connectivity index (χ0) is 13.2. The number of hydroxylamine groups is 2. The lowest BCUT2D eigenvalue weighted by molar-refractivity contribution is -0.387. The molecule has 0 atom stereocenters. The second-order valence-electron chi connectivity index (χ2n) is 3.03. The molecule has 6 nitrogen and oxygen atoms in total. The average Bonchev–Trinajstić information content (AvgIpc) is 2.26. The molecule has 0 aromatic heterocycles. The van der Waals surface area contributed by atoms with Gasteiger partial charge in [-0.25, -0.2) is 9.45 Å². The highest BCUT2D eigenvalue weighted by atomic mass is 19.1. The molecule has 0 fully saturated rings. The van der Waals surface area contributed by atoms with Crippen molar-refractivity contribution in [2.24, 2.45) is 0 Å². The summed E-state index contributed by atoms with van der Waals surface area (Å²) in [6, 6.07) is 0.817. The van der Waals surface area contributed by atoms with E-state index in [1.165, 1.54) is 7.05 Å². The molecule has 1 rings (SSSR count). The lowest BCUT2D eigenvalue weighted by Gasteiger charge is -2.13. The quantitative estimate of drug-likeness (QED) is 0.598. The molecule has 0 saturated carbocycles. The van der Waals surface area contributed by atoms with E-state index in [0.717, 1.165) is 7.11 Å². The van der Waals surface area contributed by atoms with Crippen LogP contribution in [0.1, 0.15) is 10.4 Å². The Balaban J connectivity index is 3.30. The van der Waals surface area contributed by atoms with Gasteiger partial charge in [0.1, 0.15) is 5.82 Å². The van der Waals surface area contributed by atoms with Crippen LogP contribution in [0.3, 0.4) is 0 Å². The molecule has 0 aliphatic rings. The third-order valence-electron chi connectivity index (χ3n) is 2.02. The molecule has 0 radical (unpaired) electrons. The van der Waals surface area contributed by atoms with Gasteiger partial charge in [-0.15, -0.1) is 0 Å². The molecule has 0 spiro atoms. The third-order valence-corrected chi connectivity index (χ3v) is 2.02. The Morgan fingerprint density at radius 2 is 2.00 bits per heavy atom. The van der Waals surface area contributed by atoms with Crippen LogP contribution < -0.4 is 0 Å². The van der Waals surface area contributed by atoms with E-state index in [1.807, 2.05) is 0 Å². The molecule has 92 valence electrons. The van der Waals surface area contributed by atoms with E-state index in [0.29, 0.717) is 11.1 Å². The lowest BCUT2D eigenvalue weighted by Crippen LogP contribution is -2.26. The van der Waals surface area contributed by atoms with E-state index >= 15 is 0 Å². The van der Waals surface area contributed by atoms with E-state index in [2.05, 4.69) is 4.84 Å². The Bertz CT molecular complexity index is 478. The Hall–Kier alpha value is -2.09. The van der Waals surface area contributed by atoms with Gasteiger partial charge in [0.15, 0.2) is 0 Å². The first-order valence-electron chi connectivity index (χ1n) is 4.34. The fraction of sp³-hybridized carbons (Fsp3) is 0.222. The largest absolute Gasteiger partial charge is 0.305 e. The average molecular weight is 246 g/mol. The Labute approximate surface area is 94.5 Å². The zero-order valence-electron chi connectivity index (χ0n) is 8.94. The van der Waals surface area contributed by atoms with Crippen LogP contribution in [-0.4, -0.2) is 30.1 Å². The minimum absolute atomic E-state index is 0.287. The van der Waals surface area contributed by atoms with Crippen LogP contribution in [0.25, 0.3) is 0 Å². The number of nitrogens with zero attached hydrogens (tertiary/aromatic N) is 2. The van der Waals surface area contributed by atoms with Crippen LogP contribution in [0, 0.1) is 21.7 Å². The summed E-state index contributed by atoms with van der Waals surface area (Å²) in [6.07, 6.45) is 0.